The van der Waals surface area contributed by atoms with Gasteiger partial charge in [-0.25, -0.2) is 8.42 Å². The summed E-state index contributed by atoms with van der Waals surface area (Å²) >= 11 is 0. The molecule has 0 spiro atoms. The molecule has 156 valence electrons. The molecule has 0 atom stereocenters. The van der Waals surface area contributed by atoms with Crippen molar-refractivity contribution >= 4 is 21.6 Å². The summed E-state index contributed by atoms with van der Waals surface area (Å²) in [4.78, 5) is 12.7. The van der Waals surface area contributed by atoms with E-state index < -0.39 is 10.0 Å². The fraction of sp³-hybridized carbons (Fsp3) is 0.208. The molecule has 6 heteroatoms. The number of aryl methyl sites for hydroxylation is 1. The van der Waals surface area contributed by atoms with Crippen LogP contribution in [-0.4, -0.2) is 27.4 Å². The average molecular weight is 423 g/mol. The predicted octanol–water partition coefficient (Wildman–Crippen LogP) is 4.18. The highest BCUT2D eigenvalue weighted by atomic mass is 32.2. The molecule has 0 aliphatic rings. The van der Waals surface area contributed by atoms with Crippen molar-refractivity contribution in [3.63, 3.8) is 0 Å². The van der Waals surface area contributed by atoms with Gasteiger partial charge < -0.3 is 5.32 Å². The molecule has 0 bridgehead atoms. The molecule has 0 fully saturated rings. The third-order valence-electron chi connectivity index (χ3n) is 4.96. The van der Waals surface area contributed by atoms with Gasteiger partial charge in [-0.05, 0) is 61.7 Å². The summed E-state index contributed by atoms with van der Waals surface area (Å²) in [5.41, 5.74) is 3.27. The predicted molar refractivity (Wildman–Crippen MR) is 120 cm³/mol. The molecule has 0 aliphatic heterocycles. The standard InChI is InChI=1S/C24H26N2O3S/c1-3-26(22-13-5-4-6-14-22)30(28,29)23-15-9-12-21(18-23)24(27)25-17-16-20-11-8-7-10-19(20)2/h4-15,18H,3,16-17H2,1-2H3,(H,25,27). The van der Waals surface area contributed by atoms with E-state index in [4.69, 9.17) is 0 Å². The van der Waals surface area contributed by atoms with Crippen LogP contribution in [0.2, 0.25) is 0 Å². The van der Waals surface area contributed by atoms with Crippen LogP contribution in [-0.2, 0) is 16.4 Å². The fourth-order valence-corrected chi connectivity index (χ4v) is 4.83. The van der Waals surface area contributed by atoms with Crippen molar-refractivity contribution in [2.24, 2.45) is 0 Å². The maximum Gasteiger partial charge on any atom is 0.264 e. The molecule has 1 amide bonds. The molecule has 5 nitrogen and oxygen atoms in total. The second-order valence-electron chi connectivity index (χ2n) is 6.97. The van der Waals surface area contributed by atoms with Gasteiger partial charge in [-0.3, -0.25) is 9.10 Å². The minimum atomic E-state index is -3.78. The second kappa shape index (κ2) is 9.59. The smallest absolute Gasteiger partial charge is 0.264 e. The fourth-order valence-electron chi connectivity index (χ4n) is 3.31. The molecule has 0 heterocycles. The number of benzene rings is 3. The van der Waals surface area contributed by atoms with Gasteiger partial charge in [0, 0.05) is 18.7 Å². The number of amides is 1. The number of sulfonamides is 1. The highest BCUT2D eigenvalue weighted by Crippen LogP contribution is 2.23. The summed E-state index contributed by atoms with van der Waals surface area (Å²) in [7, 11) is -3.78. The van der Waals surface area contributed by atoms with Gasteiger partial charge in [0.25, 0.3) is 15.9 Å². The third kappa shape index (κ3) is 4.89. The van der Waals surface area contributed by atoms with Gasteiger partial charge in [0.15, 0.2) is 0 Å². The lowest BCUT2D eigenvalue weighted by Crippen LogP contribution is -2.31. The van der Waals surface area contributed by atoms with Crippen LogP contribution >= 0.6 is 0 Å². The summed E-state index contributed by atoms with van der Waals surface area (Å²) in [6.45, 7) is 4.59. The van der Waals surface area contributed by atoms with Crippen molar-refractivity contribution in [2.45, 2.75) is 25.2 Å². The Morgan fingerprint density at radius 2 is 1.63 bits per heavy atom. The summed E-state index contributed by atoms with van der Waals surface area (Å²) in [6.07, 6.45) is 0.716. The second-order valence-corrected chi connectivity index (χ2v) is 8.83. The van der Waals surface area contributed by atoms with Crippen molar-refractivity contribution in [1.82, 2.24) is 5.32 Å². The lowest BCUT2D eigenvalue weighted by Gasteiger charge is -2.23. The number of hydrogen-bond donors (Lipinski definition) is 1. The minimum absolute atomic E-state index is 0.0970. The van der Waals surface area contributed by atoms with Crippen LogP contribution in [0.1, 0.15) is 28.4 Å². The van der Waals surface area contributed by atoms with E-state index in [-0.39, 0.29) is 10.8 Å². The number of anilines is 1. The molecule has 3 rings (SSSR count). The van der Waals surface area contributed by atoms with Gasteiger partial charge in [-0.15, -0.1) is 0 Å². The number of nitrogens with zero attached hydrogens (tertiary/aromatic N) is 1. The molecule has 0 radical (unpaired) electrons. The maximum absolute atomic E-state index is 13.2. The van der Waals surface area contributed by atoms with E-state index in [1.807, 2.05) is 37.3 Å². The Morgan fingerprint density at radius 1 is 0.933 bits per heavy atom. The lowest BCUT2D eigenvalue weighted by molar-refractivity contribution is 0.0954. The number of rotatable bonds is 8. The first-order valence-corrected chi connectivity index (χ1v) is 11.4. The Balaban J connectivity index is 1.74. The summed E-state index contributed by atoms with van der Waals surface area (Å²) < 4.78 is 27.7. The van der Waals surface area contributed by atoms with Crippen molar-refractivity contribution in [3.05, 3.63) is 95.6 Å². The molecular weight excluding hydrogens is 396 g/mol. The van der Waals surface area contributed by atoms with E-state index in [1.165, 1.54) is 27.6 Å². The van der Waals surface area contributed by atoms with Gasteiger partial charge in [0.05, 0.1) is 10.6 Å². The molecule has 0 aromatic heterocycles. The quantitative estimate of drug-likeness (QED) is 0.592. The molecule has 0 saturated carbocycles. The highest BCUT2D eigenvalue weighted by Gasteiger charge is 2.24. The Bertz CT molecular complexity index is 1110. The summed E-state index contributed by atoms with van der Waals surface area (Å²) in [6, 6.07) is 23.2. The van der Waals surface area contributed by atoms with Gasteiger partial charge in [0.2, 0.25) is 0 Å². The van der Waals surface area contributed by atoms with Gasteiger partial charge in [-0.1, -0.05) is 48.5 Å². The zero-order valence-electron chi connectivity index (χ0n) is 17.2. The Kier molecular flexibility index (Phi) is 6.90. The van der Waals surface area contributed by atoms with Crippen LogP contribution < -0.4 is 9.62 Å². The molecule has 3 aromatic rings. The van der Waals surface area contributed by atoms with E-state index in [2.05, 4.69) is 5.32 Å². The Hall–Kier alpha value is -3.12. The summed E-state index contributed by atoms with van der Waals surface area (Å²) in [5, 5.41) is 2.88. The first-order chi connectivity index (χ1) is 14.4. The van der Waals surface area contributed by atoms with Crippen LogP contribution in [0.5, 0.6) is 0 Å². The molecular formula is C24H26N2O3S. The van der Waals surface area contributed by atoms with E-state index in [0.29, 0.717) is 30.8 Å². The van der Waals surface area contributed by atoms with Crippen LogP contribution in [0.4, 0.5) is 5.69 Å². The Morgan fingerprint density at radius 3 is 2.33 bits per heavy atom. The maximum atomic E-state index is 13.2. The number of para-hydroxylation sites is 1. The first-order valence-electron chi connectivity index (χ1n) is 9.94. The van der Waals surface area contributed by atoms with Gasteiger partial charge in [0.1, 0.15) is 0 Å². The number of hydrogen-bond acceptors (Lipinski definition) is 3. The average Bonchev–Trinajstić information content (AvgIpc) is 2.76. The number of nitrogens with one attached hydrogen (secondary N) is 1. The Labute approximate surface area is 178 Å². The molecule has 0 saturated heterocycles. The SMILES string of the molecule is CCN(c1ccccc1)S(=O)(=O)c1cccc(C(=O)NCCc2ccccc2C)c1. The van der Waals surface area contributed by atoms with Crippen molar-refractivity contribution in [3.8, 4) is 0 Å². The van der Waals surface area contributed by atoms with E-state index in [1.54, 1.807) is 43.3 Å². The van der Waals surface area contributed by atoms with Crippen LogP contribution in [0, 0.1) is 6.92 Å². The molecule has 3 aromatic carbocycles. The molecule has 30 heavy (non-hydrogen) atoms. The van der Waals surface area contributed by atoms with Crippen molar-refractivity contribution < 1.29 is 13.2 Å². The van der Waals surface area contributed by atoms with Crippen LogP contribution in [0.25, 0.3) is 0 Å². The topological polar surface area (TPSA) is 66.5 Å². The number of carbonyl (C=O) groups excluding carboxylic acids is 1. The van der Waals surface area contributed by atoms with E-state index in [9.17, 15) is 13.2 Å². The molecule has 0 aliphatic carbocycles. The zero-order valence-corrected chi connectivity index (χ0v) is 18.0. The normalized spacial score (nSPS) is 11.1. The first kappa shape index (κ1) is 21.6. The van der Waals surface area contributed by atoms with Crippen LogP contribution in [0.3, 0.4) is 0 Å². The monoisotopic (exact) mass is 422 g/mol. The van der Waals surface area contributed by atoms with Crippen molar-refractivity contribution in [1.29, 1.82) is 0 Å². The highest BCUT2D eigenvalue weighted by molar-refractivity contribution is 7.92. The minimum Gasteiger partial charge on any atom is -0.352 e. The molecule has 0 unspecified atom stereocenters. The largest absolute Gasteiger partial charge is 0.352 e. The third-order valence-corrected chi connectivity index (χ3v) is 6.86. The van der Waals surface area contributed by atoms with E-state index in [0.717, 1.165) is 0 Å². The van der Waals surface area contributed by atoms with Crippen LogP contribution in [0.15, 0.2) is 83.8 Å². The number of carbonyl (C=O) groups is 1. The lowest BCUT2D eigenvalue weighted by atomic mass is 10.1. The zero-order chi connectivity index (χ0) is 21.6. The van der Waals surface area contributed by atoms with Gasteiger partial charge in [-0.2, -0.15) is 0 Å². The van der Waals surface area contributed by atoms with Crippen molar-refractivity contribution in [2.75, 3.05) is 17.4 Å². The molecule has 1 N–H and O–H groups in total. The van der Waals surface area contributed by atoms with E-state index >= 15 is 0 Å². The summed E-state index contributed by atoms with van der Waals surface area (Å²) in [5.74, 6) is -0.289. The van der Waals surface area contributed by atoms with Gasteiger partial charge >= 0.3 is 0 Å².